The van der Waals surface area contributed by atoms with Crippen LogP contribution in [-0.4, -0.2) is 18.2 Å². The summed E-state index contributed by atoms with van der Waals surface area (Å²) in [5.41, 5.74) is 3.36. The number of aryl methyl sites for hydroxylation is 1. The molecule has 1 aromatic carbocycles. The third-order valence-electron chi connectivity index (χ3n) is 4.12. The van der Waals surface area contributed by atoms with Gasteiger partial charge >= 0.3 is 0 Å². The summed E-state index contributed by atoms with van der Waals surface area (Å²) in [6.45, 7) is 1.64. The number of nitrogens with one attached hydrogen (secondary N) is 1. The van der Waals surface area contributed by atoms with Gasteiger partial charge in [0.15, 0.2) is 6.61 Å². The van der Waals surface area contributed by atoms with Crippen LogP contribution in [0.15, 0.2) is 35.5 Å². The summed E-state index contributed by atoms with van der Waals surface area (Å²) in [6.07, 6.45) is 4.15. The Labute approximate surface area is 150 Å². The molecule has 1 aliphatic carbocycles. The van der Waals surface area contributed by atoms with E-state index in [0.717, 1.165) is 36.8 Å². The fraction of sp³-hybridized carbons (Fsp3) is 0.316. The number of thiophene rings is 1. The highest BCUT2D eigenvalue weighted by Gasteiger charge is 2.21. The van der Waals surface area contributed by atoms with Gasteiger partial charge in [0.25, 0.3) is 5.91 Å². The summed E-state index contributed by atoms with van der Waals surface area (Å²) in [4.78, 5) is 18.5. The van der Waals surface area contributed by atoms with Crippen molar-refractivity contribution in [2.24, 2.45) is 5.16 Å². The predicted molar refractivity (Wildman–Crippen MR) is 98.9 cm³/mol. The highest BCUT2D eigenvalue weighted by molar-refractivity contribution is 7.16. The van der Waals surface area contributed by atoms with E-state index in [1.807, 2.05) is 37.3 Å². The zero-order chi connectivity index (χ0) is 17.6. The number of carbonyl (C=O) groups is 1. The number of benzene rings is 1. The van der Waals surface area contributed by atoms with E-state index in [1.165, 1.54) is 16.2 Å². The first-order valence-electron chi connectivity index (χ1n) is 8.25. The molecule has 25 heavy (non-hydrogen) atoms. The van der Waals surface area contributed by atoms with Crippen molar-refractivity contribution in [1.82, 2.24) is 0 Å². The molecule has 1 aromatic heterocycles. The maximum atomic E-state index is 12.1. The van der Waals surface area contributed by atoms with E-state index in [4.69, 9.17) is 4.84 Å². The molecular formula is C19H19N3O2S. The number of hydrogen-bond acceptors (Lipinski definition) is 5. The lowest BCUT2D eigenvalue weighted by Gasteiger charge is -2.09. The number of nitriles is 1. The van der Waals surface area contributed by atoms with Crippen LogP contribution >= 0.6 is 11.3 Å². The van der Waals surface area contributed by atoms with Gasteiger partial charge < -0.3 is 10.2 Å². The van der Waals surface area contributed by atoms with Gasteiger partial charge in [-0.1, -0.05) is 35.5 Å². The molecule has 5 nitrogen and oxygen atoms in total. The van der Waals surface area contributed by atoms with Crippen LogP contribution in [0, 0.1) is 11.3 Å². The van der Waals surface area contributed by atoms with Gasteiger partial charge in [0.2, 0.25) is 0 Å². The van der Waals surface area contributed by atoms with Gasteiger partial charge in [0.05, 0.1) is 11.3 Å². The third-order valence-corrected chi connectivity index (χ3v) is 5.33. The van der Waals surface area contributed by atoms with Crippen molar-refractivity contribution >= 4 is 28.0 Å². The molecule has 128 valence electrons. The smallest absolute Gasteiger partial charge is 0.265 e. The van der Waals surface area contributed by atoms with Crippen LogP contribution in [0.3, 0.4) is 0 Å². The number of nitrogens with zero attached hydrogens (tertiary/aromatic N) is 2. The molecule has 0 spiro atoms. The highest BCUT2D eigenvalue weighted by atomic mass is 32.1. The van der Waals surface area contributed by atoms with E-state index in [-0.39, 0.29) is 12.5 Å². The second-order valence-corrected chi connectivity index (χ2v) is 7.00. The summed E-state index contributed by atoms with van der Waals surface area (Å²) < 4.78 is 0. The van der Waals surface area contributed by atoms with Crippen LogP contribution in [0.4, 0.5) is 5.00 Å². The lowest BCUT2D eigenvalue weighted by molar-refractivity contribution is -0.120. The fourth-order valence-electron chi connectivity index (χ4n) is 2.85. The van der Waals surface area contributed by atoms with Gasteiger partial charge in [0, 0.05) is 4.88 Å². The van der Waals surface area contributed by atoms with Crippen molar-refractivity contribution in [3.63, 3.8) is 0 Å². The number of oxime groups is 1. The van der Waals surface area contributed by atoms with Crippen molar-refractivity contribution < 1.29 is 9.63 Å². The van der Waals surface area contributed by atoms with E-state index >= 15 is 0 Å². The first kappa shape index (κ1) is 17.2. The van der Waals surface area contributed by atoms with E-state index in [9.17, 15) is 10.1 Å². The Morgan fingerprint density at radius 1 is 1.32 bits per heavy atom. The molecule has 2 aromatic rings. The monoisotopic (exact) mass is 353 g/mol. The number of carbonyl (C=O) groups excluding carboxylic acids is 1. The van der Waals surface area contributed by atoms with Crippen molar-refractivity contribution in [2.45, 2.75) is 32.6 Å². The average Bonchev–Trinajstić information content (AvgIpc) is 2.99. The molecule has 0 unspecified atom stereocenters. The Morgan fingerprint density at radius 3 is 2.84 bits per heavy atom. The standard InChI is InChI=1S/C19H19N3O2S/c1-13(14-7-3-2-4-8-14)22-24-12-18(23)21-19-16(11-20)15-9-5-6-10-17(15)25-19/h2-4,7-8H,5-6,9-10,12H2,1H3,(H,21,23)/b22-13-. The molecule has 3 rings (SSSR count). The molecule has 1 aliphatic rings. The maximum Gasteiger partial charge on any atom is 0.265 e. The van der Waals surface area contributed by atoms with Crippen LogP contribution in [0.25, 0.3) is 0 Å². The molecule has 6 heteroatoms. The molecule has 0 saturated carbocycles. The molecule has 0 atom stereocenters. The topological polar surface area (TPSA) is 74.5 Å². The summed E-state index contributed by atoms with van der Waals surface area (Å²) in [5, 5.41) is 16.8. The van der Waals surface area contributed by atoms with E-state index in [1.54, 1.807) is 0 Å². The number of fused-ring (bicyclic) bond motifs is 1. The van der Waals surface area contributed by atoms with E-state index in [2.05, 4.69) is 16.5 Å². The molecule has 0 fully saturated rings. The van der Waals surface area contributed by atoms with Gasteiger partial charge in [0.1, 0.15) is 11.1 Å². The molecule has 1 N–H and O–H groups in total. The number of hydrogen-bond donors (Lipinski definition) is 1. The van der Waals surface area contributed by atoms with Gasteiger partial charge in [-0.3, -0.25) is 4.79 Å². The Bertz CT molecular complexity index is 834. The molecule has 1 amide bonds. The Morgan fingerprint density at radius 2 is 2.08 bits per heavy atom. The molecule has 1 heterocycles. The first-order chi connectivity index (χ1) is 12.2. The van der Waals surface area contributed by atoms with Crippen molar-refractivity contribution in [3.8, 4) is 6.07 Å². The van der Waals surface area contributed by atoms with Crippen LogP contribution < -0.4 is 5.32 Å². The summed E-state index contributed by atoms with van der Waals surface area (Å²) in [6, 6.07) is 11.9. The van der Waals surface area contributed by atoms with Gasteiger partial charge in [-0.15, -0.1) is 11.3 Å². The van der Waals surface area contributed by atoms with Gasteiger partial charge in [-0.05, 0) is 43.7 Å². The van der Waals surface area contributed by atoms with Crippen LogP contribution in [0.1, 0.15) is 41.3 Å². The minimum atomic E-state index is -0.306. The molecular weight excluding hydrogens is 334 g/mol. The summed E-state index contributed by atoms with van der Waals surface area (Å²) >= 11 is 1.51. The molecule has 0 bridgehead atoms. The Hall–Kier alpha value is -2.65. The van der Waals surface area contributed by atoms with Crippen molar-refractivity contribution in [1.29, 1.82) is 5.26 Å². The minimum absolute atomic E-state index is 0.183. The maximum absolute atomic E-state index is 12.1. The summed E-state index contributed by atoms with van der Waals surface area (Å²) in [5.74, 6) is -0.306. The highest BCUT2D eigenvalue weighted by Crippen LogP contribution is 2.37. The van der Waals surface area contributed by atoms with Gasteiger partial charge in [-0.2, -0.15) is 5.26 Å². The lowest BCUT2D eigenvalue weighted by Crippen LogP contribution is -2.17. The zero-order valence-corrected chi connectivity index (χ0v) is 14.9. The zero-order valence-electron chi connectivity index (χ0n) is 14.0. The number of anilines is 1. The normalized spacial score (nSPS) is 13.7. The van der Waals surface area contributed by atoms with Crippen LogP contribution in [0.5, 0.6) is 0 Å². The molecule has 0 radical (unpaired) electrons. The second-order valence-electron chi connectivity index (χ2n) is 5.89. The number of rotatable bonds is 5. The quantitative estimate of drug-likeness (QED) is 0.655. The predicted octanol–water partition coefficient (Wildman–Crippen LogP) is 3.88. The Balaban J connectivity index is 1.60. The summed E-state index contributed by atoms with van der Waals surface area (Å²) in [7, 11) is 0. The Kier molecular flexibility index (Phi) is 5.46. The second kappa shape index (κ2) is 7.95. The fourth-order valence-corrected chi connectivity index (χ4v) is 4.11. The SMILES string of the molecule is C/C(=N/OCC(=O)Nc1sc2c(c1C#N)CCCC2)c1ccccc1. The van der Waals surface area contributed by atoms with E-state index in [0.29, 0.717) is 16.3 Å². The number of amides is 1. The van der Waals surface area contributed by atoms with E-state index < -0.39 is 0 Å². The van der Waals surface area contributed by atoms with Crippen LogP contribution in [-0.2, 0) is 22.5 Å². The van der Waals surface area contributed by atoms with Crippen molar-refractivity contribution in [2.75, 3.05) is 11.9 Å². The lowest BCUT2D eigenvalue weighted by atomic mass is 9.96. The largest absolute Gasteiger partial charge is 0.385 e. The molecule has 0 saturated heterocycles. The average molecular weight is 353 g/mol. The van der Waals surface area contributed by atoms with Gasteiger partial charge in [-0.25, -0.2) is 0 Å². The third kappa shape index (κ3) is 4.06. The van der Waals surface area contributed by atoms with Crippen LogP contribution in [0.2, 0.25) is 0 Å². The first-order valence-corrected chi connectivity index (χ1v) is 9.07. The molecule has 0 aliphatic heterocycles. The van der Waals surface area contributed by atoms with Crippen molar-refractivity contribution in [3.05, 3.63) is 51.9 Å². The minimum Gasteiger partial charge on any atom is -0.385 e.